The summed E-state index contributed by atoms with van der Waals surface area (Å²) in [6.07, 6.45) is -0.480. The second-order valence-corrected chi connectivity index (χ2v) is 7.95. The molecule has 1 aromatic carbocycles. The zero-order chi connectivity index (χ0) is 23.6. The summed E-state index contributed by atoms with van der Waals surface area (Å²) in [6, 6.07) is 6.12. The molecule has 0 aliphatic carbocycles. The third kappa shape index (κ3) is 8.61. The molecule has 2 rings (SSSR count). The van der Waals surface area contributed by atoms with Crippen molar-refractivity contribution in [2.45, 2.75) is 32.9 Å². The van der Waals surface area contributed by atoms with E-state index in [-0.39, 0.29) is 11.2 Å². The van der Waals surface area contributed by atoms with Gasteiger partial charge >= 0.3 is 6.09 Å². The molecular formula is C21H30N4O7. The number of hydrogen-bond donors (Lipinski definition) is 3. The first-order valence-corrected chi connectivity index (χ1v) is 10.3. The minimum absolute atomic E-state index is 0.133. The second kappa shape index (κ2) is 12.1. The van der Waals surface area contributed by atoms with Crippen LogP contribution in [-0.4, -0.2) is 61.1 Å². The number of amides is 1. The molecule has 0 unspecified atom stereocenters. The van der Waals surface area contributed by atoms with Crippen LogP contribution in [0.3, 0.4) is 0 Å². The maximum Gasteiger partial charge on any atom is 0.407 e. The third-order valence-electron chi connectivity index (χ3n) is 4.16. The predicted octanol–water partition coefficient (Wildman–Crippen LogP) is 2.08. The van der Waals surface area contributed by atoms with Crippen LogP contribution in [-0.2, 0) is 20.8 Å². The van der Waals surface area contributed by atoms with Crippen LogP contribution in [0.15, 0.2) is 29.1 Å². The standard InChI is InChI=1S/C21H30N4O7/c1-21(2,3)32-20(27)23-8-10-31-12-11-30-9-7-22-14-15-13-18(26)24-19-16(15)5-4-6-17(19)25(28)29/h4-6,13,22H,7-12,14H2,1-3H3,(H,23,27)(H,24,26). The summed E-state index contributed by atoms with van der Waals surface area (Å²) in [6.45, 7) is 8.20. The fourth-order valence-electron chi connectivity index (χ4n) is 2.86. The van der Waals surface area contributed by atoms with E-state index >= 15 is 0 Å². The van der Waals surface area contributed by atoms with Crippen molar-refractivity contribution in [3.8, 4) is 0 Å². The van der Waals surface area contributed by atoms with Crippen molar-refractivity contribution in [3.05, 3.63) is 50.3 Å². The highest BCUT2D eigenvalue weighted by Crippen LogP contribution is 2.24. The molecule has 1 aromatic heterocycles. The molecule has 3 N–H and O–H groups in total. The highest BCUT2D eigenvalue weighted by atomic mass is 16.6. The number of hydrogen-bond acceptors (Lipinski definition) is 8. The number of nitro benzene ring substituents is 1. The molecule has 0 bridgehead atoms. The molecule has 11 nitrogen and oxygen atoms in total. The van der Waals surface area contributed by atoms with Crippen molar-refractivity contribution in [1.82, 2.24) is 15.6 Å². The Morgan fingerprint density at radius 1 is 1.12 bits per heavy atom. The summed E-state index contributed by atoms with van der Waals surface area (Å²) in [5.41, 5.74) is -0.164. The van der Waals surface area contributed by atoms with Gasteiger partial charge in [-0.25, -0.2) is 4.79 Å². The van der Waals surface area contributed by atoms with E-state index in [1.165, 1.54) is 12.1 Å². The molecule has 0 saturated heterocycles. The minimum atomic E-state index is -0.534. The van der Waals surface area contributed by atoms with E-state index < -0.39 is 22.2 Å². The van der Waals surface area contributed by atoms with Gasteiger partial charge in [0.25, 0.3) is 5.69 Å². The first kappa shape index (κ1) is 25.2. The number of aromatic amines is 1. The van der Waals surface area contributed by atoms with Crippen molar-refractivity contribution in [1.29, 1.82) is 0 Å². The average molecular weight is 450 g/mol. The van der Waals surface area contributed by atoms with Crippen molar-refractivity contribution >= 4 is 22.7 Å². The average Bonchev–Trinajstić information content (AvgIpc) is 2.69. The highest BCUT2D eigenvalue weighted by Gasteiger charge is 2.16. The Bertz CT molecular complexity index is 969. The number of nitrogens with one attached hydrogen (secondary N) is 3. The number of para-hydroxylation sites is 1. The lowest BCUT2D eigenvalue weighted by molar-refractivity contribution is -0.383. The fourth-order valence-corrected chi connectivity index (χ4v) is 2.86. The minimum Gasteiger partial charge on any atom is -0.444 e. The first-order valence-electron chi connectivity index (χ1n) is 10.3. The summed E-state index contributed by atoms with van der Waals surface area (Å²) < 4.78 is 16.0. The van der Waals surface area contributed by atoms with E-state index in [0.29, 0.717) is 57.0 Å². The maximum absolute atomic E-state index is 11.9. The van der Waals surface area contributed by atoms with Crippen LogP contribution in [0, 0.1) is 10.1 Å². The third-order valence-corrected chi connectivity index (χ3v) is 4.16. The van der Waals surface area contributed by atoms with E-state index in [1.807, 2.05) is 0 Å². The van der Waals surface area contributed by atoms with Crippen LogP contribution in [0.2, 0.25) is 0 Å². The molecular weight excluding hydrogens is 420 g/mol. The van der Waals surface area contributed by atoms with E-state index in [4.69, 9.17) is 14.2 Å². The molecule has 0 fully saturated rings. The van der Waals surface area contributed by atoms with Crippen LogP contribution < -0.4 is 16.2 Å². The topological polar surface area (TPSA) is 145 Å². The Hall–Kier alpha value is -3.02. The number of pyridine rings is 1. The first-order chi connectivity index (χ1) is 15.2. The molecule has 0 saturated carbocycles. The van der Waals surface area contributed by atoms with Crippen LogP contribution in [0.5, 0.6) is 0 Å². The molecule has 11 heteroatoms. The van der Waals surface area contributed by atoms with Crippen molar-refractivity contribution in [2.24, 2.45) is 0 Å². The molecule has 32 heavy (non-hydrogen) atoms. The molecule has 0 aliphatic heterocycles. The number of alkyl carbamates (subject to hydrolysis) is 1. The number of aromatic nitrogens is 1. The van der Waals surface area contributed by atoms with Crippen molar-refractivity contribution < 1.29 is 23.9 Å². The number of rotatable bonds is 12. The molecule has 0 atom stereocenters. The van der Waals surface area contributed by atoms with E-state index in [1.54, 1.807) is 32.9 Å². The van der Waals surface area contributed by atoms with E-state index in [2.05, 4.69) is 15.6 Å². The van der Waals surface area contributed by atoms with Gasteiger partial charge in [0.2, 0.25) is 5.56 Å². The summed E-state index contributed by atoms with van der Waals surface area (Å²) in [7, 11) is 0. The number of carbonyl (C=O) groups is 1. The van der Waals surface area contributed by atoms with E-state index in [9.17, 15) is 19.7 Å². The van der Waals surface area contributed by atoms with Crippen molar-refractivity contribution in [3.63, 3.8) is 0 Å². The maximum atomic E-state index is 11.9. The van der Waals surface area contributed by atoms with Crippen molar-refractivity contribution in [2.75, 3.05) is 39.5 Å². The largest absolute Gasteiger partial charge is 0.444 e. The van der Waals surface area contributed by atoms with Gasteiger partial charge in [-0.1, -0.05) is 12.1 Å². The number of carbonyl (C=O) groups excluding carboxylic acids is 1. The van der Waals surface area contributed by atoms with E-state index in [0.717, 1.165) is 0 Å². The van der Waals surface area contributed by atoms with Gasteiger partial charge in [0.05, 0.1) is 31.4 Å². The Morgan fingerprint density at radius 2 is 1.81 bits per heavy atom. The molecule has 1 heterocycles. The van der Waals surface area contributed by atoms with Gasteiger partial charge < -0.3 is 29.8 Å². The van der Waals surface area contributed by atoms with Crippen LogP contribution in [0.1, 0.15) is 26.3 Å². The molecule has 0 spiro atoms. The zero-order valence-electron chi connectivity index (χ0n) is 18.6. The molecule has 176 valence electrons. The Balaban J connectivity index is 1.62. The SMILES string of the molecule is CC(C)(C)OC(=O)NCCOCCOCCNCc1cc(=O)[nH]c2c([N+](=O)[O-])cccc12. The van der Waals surface area contributed by atoms with Gasteiger partial charge in [-0.05, 0) is 26.3 Å². The number of nitro groups is 1. The Morgan fingerprint density at radius 3 is 2.47 bits per heavy atom. The summed E-state index contributed by atoms with van der Waals surface area (Å²) in [5, 5.41) is 17.6. The summed E-state index contributed by atoms with van der Waals surface area (Å²) in [5.74, 6) is 0. The predicted molar refractivity (Wildman–Crippen MR) is 119 cm³/mol. The lowest BCUT2D eigenvalue weighted by Crippen LogP contribution is -2.34. The van der Waals surface area contributed by atoms with Gasteiger partial charge in [0.1, 0.15) is 11.1 Å². The lowest BCUT2D eigenvalue weighted by atomic mass is 10.1. The normalized spacial score (nSPS) is 11.5. The number of benzene rings is 1. The number of H-pyrrole nitrogens is 1. The fraction of sp³-hybridized carbons (Fsp3) is 0.524. The van der Waals surface area contributed by atoms with Gasteiger partial charge in [0, 0.05) is 37.2 Å². The van der Waals surface area contributed by atoms with Gasteiger partial charge in [-0.3, -0.25) is 14.9 Å². The highest BCUT2D eigenvalue weighted by molar-refractivity contribution is 5.89. The molecule has 0 aliphatic rings. The zero-order valence-corrected chi connectivity index (χ0v) is 18.6. The number of fused-ring (bicyclic) bond motifs is 1. The smallest absolute Gasteiger partial charge is 0.407 e. The molecule has 0 radical (unpaired) electrons. The number of ether oxygens (including phenoxy) is 3. The second-order valence-electron chi connectivity index (χ2n) is 7.95. The summed E-state index contributed by atoms with van der Waals surface area (Å²) >= 11 is 0. The van der Waals surface area contributed by atoms with Crippen LogP contribution in [0.25, 0.3) is 10.9 Å². The number of nitrogens with zero attached hydrogens (tertiary/aromatic N) is 1. The molecule has 2 aromatic rings. The quantitative estimate of drug-likeness (QED) is 0.253. The van der Waals surface area contributed by atoms with Gasteiger partial charge in [-0.2, -0.15) is 0 Å². The monoisotopic (exact) mass is 450 g/mol. The summed E-state index contributed by atoms with van der Waals surface area (Å²) in [4.78, 5) is 36.6. The van der Waals surface area contributed by atoms with Gasteiger partial charge in [0.15, 0.2) is 0 Å². The van der Waals surface area contributed by atoms with Crippen LogP contribution >= 0.6 is 0 Å². The number of non-ortho nitro benzene ring substituents is 1. The Kier molecular flexibility index (Phi) is 9.57. The molecule has 1 amide bonds. The lowest BCUT2D eigenvalue weighted by Gasteiger charge is -2.19. The van der Waals surface area contributed by atoms with Crippen LogP contribution in [0.4, 0.5) is 10.5 Å². The van der Waals surface area contributed by atoms with Gasteiger partial charge in [-0.15, -0.1) is 0 Å². The Labute approximate surface area is 185 Å².